The molecule has 0 aromatic heterocycles. The van der Waals surface area contributed by atoms with E-state index in [1.165, 1.54) is 30.0 Å². The Balaban J connectivity index is 1.87. The fraction of sp³-hybridized carbons (Fsp3) is 0.278. The fourth-order valence-corrected chi connectivity index (χ4v) is 3.93. The average Bonchev–Trinajstić information content (AvgIpc) is 3.06. The smallest absolute Gasteiger partial charge is 0.324 e. The number of ether oxygens (including phenoxy) is 1. The van der Waals surface area contributed by atoms with Crippen LogP contribution >= 0.6 is 11.8 Å². The van der Waals surface area contributed by atoms with E-state index in [0.29, 0.717) is 23.5 Å². The van der Waals surface area contributed by atoms with Gasteiger partial charge in [0.05, 0.1) is 12.0 Å². The highest BCUT2D eigenvalue weighted by molar-refractivity contribution is 7.99. The van der Waals surface area contributed by atoms with E-state index in [1.807, 2.05) is 0 Å². The molecule has 0 saturated carbocycles. The summed E-state index contributed by atoms with van der Waals surface area (Å²) in [5.41, 5.74) is 1.30. The molecule has 0 radical (unpaired) electrons. The van der Waals surface area contributed by atoms with Gasteiger partial charge in [0.1, 0.15) is 23.4 Å². The van der Waals surface area contributed by atoms with Crippen molar-refractivity contribution < 1.29 is 23.4 Å². The molecule has 2 aromatic rings. The van der Waals surface area contributed by atoms with Crippen LogP contribution < -0.4 is 5.32 Å². The molecular weight excluding hydrogens is 348 g/mol. The van der Waals surface area contributed by atoms with E-state index < -0.39 is 17.7 Å². The van der Waals surface area contributed by atoms with Gasteiger partial charge in [0.15, 0.2) is 0 Å². The summed E-state index contributed by atoms with van der Waals surface area (Å²) in [6, 6.07) is 7.58. The van der Waals surface area contributed by atoms with Gasteiger partial charge in [-0.15, -0.1) is 11.8 Å². The first-order chi connectivity index (χ1) is 12.0. The zero-order chi connectivity index (χ0) is 18.0. The first-order valence-corrected chi connectivity index (χ1v) is 8.87. The molecule has 2 unspecified atom stereocenters. The number of phenolic OH excluding ortho intramolecular Hbond substituents is 1. The molecule has 2 aromatic carbocycles. The van der Waals surface area contributed by atoms with Crippen molar-refractivity contribution in [2.45, 2.75) is 18.3 Å². The Morgan fingerprint density at radius 1 is 1.32 bits per heavy atom. The molecular formula is C18H17F2NO3S. The molecule has 1 aliphatic heterocycles. The molecule has 0 bridgehead atoms. The Bertz CT molecular complexity index is 800. The van der Waals surface area contributed by atoms with Crippen LogP contribution in [0.1, 0.15) is 17.9 Å². The van der Waals surface area contributed by atoms with Gasteiger partial charge in [-0.05, 0) is 36.8 Å². The summed E-state index contributed by atoms with van der Waals surface area (Å²) in [6.45, 7) is 2.04. The van der Waals surface area contributed by atoms with Crippen molar-refractivity contribution in [3.8, 4) is 16.9 Å². The minimum Gasteiger partial charge on any atom is -0.508 e. The Labute approximate surface area is 148 Å². The first-order valence-electron chi connectivity index (χ1n) is 7.82. The summed E-state index contributed by atoms with van der Waals surface area (Å²) >= 11 is 1.46. The molecule has 3 rings (SSSR count). The van der Waals surface area contributed by atoms with Gasteiger partial charge >= 0.3 is 5.97 Å². The standard InChI is InChI=1S/C18H17F2NO3S/c1-2-24-18(23)15-9-25-17(21-15)13-7-10(3-6-16(13)22)12-5-4-11(19)8-14(12)20/h3-8,15,17,21-22H,2,9H2,1H3. The number of rotatable bonds is 4. The lowest BCUT2D eigenvalue weighted by Crippen LogP contribution is -2.35. The van der Waals surface area contributed by atoms with E-state index in [0.717, 1.165) is 6.07 Å². The number of hydrogen-bond acceptors (Lipinski definition) is 5. The maximum Gasteiger partial charge on any atom is 0.324 e. The van der Waals surface area contributed by atoms with Crippen LogP contribution in [0, 0.1) is 11.6 Å². The number of phenols is 1. The molecule has 7 heteroatoms. The number of hydrogen-bond donors (Lipinski definition) is 2. The molecule has 1 saturated heterocycles. The Hall–Kier alpha value is -2.12. The lowest BCUT2D eigenvalue weighted by Gasteiger charge is -2.15. The van der Waals surface area contributed by atoms with Crippen molar-refractivity contribution in [3.63, 3.8) is 0 Å². The van der Waals surface area contributed by atoms with Crippen LogP contribution in [-0.4, -0.2) is 29.5 Å². The molecule has 0 amide bonds. The summed E-state index contributed by atoms with van der Waals surface area (Å²) in [5.74, 6) is -1.10. The first kappa shape index (κ1) is 17.7. The highest BCUT2D eigenvalue weighted by Crippen LogP contribution is 2.39. The molecule has 0 spiro atoms. The lowest BCUT2D eigenvalue weighted by molar-refractivity contribution is -0.144. The van der Waals surface area contributed by atoms with Crippen molar-refractivity contribution in [2.75, 3.05) is 12.4 Å². The minimum absolute atomic E-state index is 0.0424. The molecule has 25 heavy (non-hydrogen) atoms. The van der Waals surface area contributed by atoms with Crippen molar-refractivity contribution in [1.29, 1.82) is 0 Å². The van der Waals surface area contributed by atoms with Gasteiger partial charge in [0.25, 0.3) is 0 Å². The number of halogens is 2. The topological polar surface area (TPSA) is 58.6 Å². The molecule has 132 valence electrons. The SMILES string of the molecule is CCOC(=O)C1CSC(c2cc(-c3ccc(F)cc3F)ccc2O)N1. The Kier molecular flexibility index (Phi) is 5.24. The molecule has 1 heterocycles. The molecule has 4 nitrogen and oxygen atoms in total. The van der Waals surface area contributed by atoms with Crippen molar-refractivity contribution in [2.24, 2.45) is 0 Å². The van der Waals surface area contributed by atoms with E-state index >= 15 is 0 Å². The zero-order valence-electron chi connectivity index (χ0n) is 13.5. The molecule has 1 fully saturated rings. The second-order valence-corrected chi connectivity index (χ2v) is 6.72. The second kappa shape index (κ2) is 7.41. The van der Waals surface area contributed by atoms with E-state index in [9.17, 15) is 18.7 Å². The predicted molar refractivity (Wildman–Crippen MR) is 92.2 cm³/mol. The van der Waals surface area contributed by atoms with E-state index in [4.69, 9.17) is 4.74 Å². The van der Waals surface area contributed by atoms with E-state index in [2.05, 4.69) is 5.32 Å². The zero-order valence-corrected chi connectivity index (χ0v) is 14.3. The summed E-state index contributed by atoms with van der Waals surface area (Å²) in [6.07, 6.45) is 0. The Morgan fingerprint density at radius 3 is 2.84 bits per heavy atom. The number of carbonyl (C=O) groups is 1. The summed E-state index contributed by atoms with van der Waals surface area (Å²) < 4.78 is 32.1. The normalized spacial score (nSPS) is 19.8. The third-order valence-corrected chi connectivity index (χ3v) is 5.15. The number of aromatic hydroxyl groups is 1. The Morgan fingerprint density at radius 2 is 2.12 bits per heavy atom. The molecule has 2 atom stereocenters. The van der Waals surface area contributed by atoms with E-state index in [1.54, 1.807) is 19.1 Å². The number of esters is 1. The van der Waals surface area contributed by atoms with Crippen LogP contribution in [0.3, 0.4) is 0 Å². The number of nitrogens with one attached hydrogen (secondary N) is 1. The average molecular weight is 365 g/mol. The van der Waals surface area contributed by atoms with Crippen LogP contribution in [0.2, 0.25) is 0 Å². The number of benzene rings is 2. The van der Waals surface area contributed by atoms with Gasteiger partial charge in [-0.25, -0.2) is 8.78 Å². The van der Waals surface area contributed by atoms with Gasteiger partial charge in [-0.1, -0.05) is 6.07 Å². The third-order valence-electron chi connectivity index (χ3n) is 3.91. The minimum atomic E-state index is -0.673. The van der Waals surface area contributed by atoms with Crippen LogP contribution in [0.15, 0.2) is 36.4 Å². The van der Waals surface area contributed by atoms with Crippen LogP contribution in [0.25, 0.3) is 11.1 Å². The predicted octanol–water partition coefficient (Wildman–Crippen LogP) is 3.60. The van der Waals surface area contributed by atoms with Gasteiger partial charge in [0.2, 0.25) is 0 Å². The molecule has 2 N–H and O–H groups in total. The quantitative estimate of drug-likeness (QED) is 0.811. The summed E-state index contributed by atoms with van der Waals surface area (Å²) in [7, 11) is 0. The molecule has 1 aliphatic rings. The second-order valence-electron chi connectivity index (χ2n) is 5.58. The number of carbonyl (C=O) groups excluding carboxylic acids is 1. The highest BCUT2D eigenvalue weighted by Gasteiger charge is 2.33. The largest absolute Gasteiger partial charge is 0.508 e. The third kappa shape index (κ3) is 3.77. The van der Waals surface area contributed by atoms with Crippen LogP contribution in [-0.2, 0) is 9.53 Å². The van der Waals surface area contributed by atoms with Crippen LogP contribution in [0.4, 0.5) is 8.78 Å². The van der Waals surface area contributed by atoms with Gasteiger partial charge in [0, 0.05) is 22.9 Å². The van der Waals surface area contributed by atoms with Crippen molar-refractivity contribution >= 4 is 17.7 Å². The van der Waals surface area contributed by atoms with Gasteiger partial charge in [-0.2, -0.15) is 0 Å². The van der Waals surface area contributed by atoms with Gasteiger partial charge < -0.3 is 9.84 Å². The summed E-state index contributed by atoms with van der Waals surface area (Å²) in [5, 5.41) is 12.9. The summed E-state index contributed by atoms with van der Waals surface area (Å²) in [4.78, 5) is 11.8. The van der Waals surface area contributed by atoms with Crippen molar-refractivity contribution in [3.05, 3.63) is 53.6 Å². The monoisotopic (exact) mass is 365 g/mol. The van der Waals surface area contributed by atoms with Crippen molar-refractivity contribution in [1.82, 2.24) is 5.32 Å². The fourth-order valence-electron chi connectivity index (χ4n) is 2.69. The molecule has 0 aliphatic carbocycles. The highest BCUT2D eigenvalue weighted by atomic mass is 32.2. The van der Waals surface area contributed by atoms with Gasteiger partial charge in [-0.3, -0.25) is 10.1 Å². The lowest BCUT2D eigenvalue weighted by atomic mass is 10.0. The van der Waals surface area contributed by atoms with Crippen LogP contribution in [0.5, 0.6) is 5.75 Å². The maximum atomic E-state index is 14.0. The maximum absolute atomic E-state index is 14.0. The number of thioether (sulfide) groups is 1. The van der Waals surface area contributed by atoms with E-state index in [-0.39, 0.29) is 22.7 Å².